The fourth-order valence-corrected chi connectivity index (χ4v) is 2.36. The predicted molar refractivity (Wildman–Crippen MR) is 88.4 cm³/mol. The average molecular weight is 301 g/mol. The summed E-state index contributed by atoms with van der Waals surface area (Å²) in [5.74, 6) is 0.638. The zero-order chi connectivity index (χ0) is 16.3. The molecule has 2 N–H and O–H groups in total. The summed E-state index contributed by atoms with van der Waals surface area (Å²) in [5.41, 5.74) is 2.03. The van der Waals surface area contributed by atoms with E-state index in [4.69, 9.17) is 0 Å². The van der Waals surface area contributed by atoms with Gasteiger partial charge in [-0.1, -0.05) is 13.0 Å². The average Bonchev–Trinajstić information content (AvgIpc) is 2.45. The second-order valence-corrected chi connectivity index (χ2v) is 5.84. The first kappa shape index (κ1) is 16.2. The highest BCUT2D eigenvalue weighted by Gasteiger charge is 2.19. The van der Waals surface area contributed by atoms with Crippen molar-refractivity contribution in [1.29, 1.82) is 0 Å². The highest BCUT2D eigenvalue weighted by molar-refractivity contribution is 5.55. The summed E-state index contributed by atoms with van der Waals surface area (Å²) < 4.78 is 1.32. The van der Waals surface area contributed by atoms with Crippen LogP contribution in [0.5, 0.6) is 0 Å². The van der Waals surface area contributed by atoms with Gasteiger partial charge >= 0.3 is 0 Å². The molecule has 0 unspecified atom stereocenters. The van der Waals surface area contributed by atoms with E-state index < -0.39 is 0 Å². The first-order chi connectivity index (χ1) is 10.3. The number of hydrogen-bond donors (Lipinski definition) is 2. The maximum atomic E-state index is 12.0. The summed E-state index contributed by atoms with van der Waals surface area (Å²) in [6, 6.07) is 5.61. The molecule has 0 saturated heterocycles. The van der Waals surface area contributed by atoms with Gasteiger partial charge in [-0.15, -0.1) is 0 Å². The topological polar surface area (TPSA) is 71.8 Å². The van der Waals surface area contributed by atoms with Gasteiger partial charge < -0.3 is 10.6 Å². The summed E-state index contributed by atoms with van der Waals surface area (Å²) in [4.78, 5) is 16.4. The van der Waals surface area contributed by atoms with Gasteiger partial charge in [0.25, 0.3) is 5.56 Å². The molecule has 6 nitrogen and oxygen atoms in total. The molecule has 0 aliphatic rings. The Balaban J connectivity index is 2.24. The molecule has 0 aromatic carbocycles. The number of nitrogens with one attached hydrogen (secondary N) is 2. The Hall–Kier alpha value is -2.21. The smallest absolute Gasteiger partial charge is 0.290 e. The maximum absolute atomic E-state index is 12.0. The number of hydrogen-bond acceptors (Lipinski definition) is 5. The van der Waals surface area contributed by atoms with Crippen LogP contribution < -0.4 is 16.2 Å². The number of aromatic nitrogens is 3. The zero-order valence-electron chi connectivity index (χ0n) is 13.8. The van der Waals surface area contributed by atoms with E-state index in [2.05, 4.69) is 41.5 Å². The minimum absolute atomic E-state index is 0.135. The third kappa shape index (κ3) is 3.51. The Kier molecular flexibility index (Phi) is 4.61. The SMILES string of the molecule is CCNC(C)(C)c1ccc(Nc2cc(C)nn(C)c2=O)nc1. The molecular weight excluding hydrogens is 278 g/mol. The first-order valence-electron chi connectivity index (χ1n) is 7.37. The third-order valence-electron chi connectivity index (χ3n) is 3.55. The van der Waals surface area contributed by atoms with Crippen molar-refractivity contribution in [2.75, 3.05) is 11.9 Å². The molecule has 0 radical (unpaired) electrons. The van der Waals surface area contributed by atoms with Gasteiger partial charge in [0.05, 0.1) is 5.69 Å². The fraction of sp³-hybridized carbons (Fsp3) is 0.438. The summed E-state index contributed by atoms with van der Waals surface area (Å²) in [7, 11) is 1.63. The van der Waals surface area contributed by atoms with Crippen LogP contribution in [0, 0.1) is 6.92 Å². The summed E-state index contributed by atoms with van der Waals surface area (Å²) >= 11 is 0. The van der Waals surface area contributed by atoms with E-state index in [-0.39, 0.29) is 11.1 Å². The number of aryl methyl sites for hydroxylation is 2. The zero-order valence-corrected chi connectivity index (χ0v) is 13.8. The molecule has 0 atom stereocenters. The summed E-state index contributed by atoms with van der Waals surface area (Å²) in [6.07, 6.45) is 1.82. The van der Waals surface area contributed by atoms with Crippen molar-refractivity contribution in [3.8, 4) is 0 Å². The Morgan fingerprint density at radius 1 is 1.32 bits per heavy atom. The molecule has 0 spiro atoms. The van der Waals surface area contributed by atoms with Crippen molar-refractivity contribution in [3.63, 3.8) is 0 Å². The highest BCUT2D eigenvalue weighted by Crippen LogP contribution is 2.20. The Bertz CT molecular complexity index is 703. The predicted octanol–water partition coefficient (Wildman–Crippen LogP) is 2.07. The van der Waals surface area contributed by atoms with Crippen LogP contribution in [0.4, 0.5) is 11.5 Å². The van der Waals surface area contributed by atoms with Gasteiger partial charge in [0.15, 0.2) is 0 Å². The molecule has 0 aliphatic heterocycles. The molecule has 2 heterocycles. The molecule has 22 heavy (non-hydrogen) atoms. The van der Waals surface area contributed by atoms with Gasteiger partial charge in [-0.25, -0.2) is 9.67 Å². The molecule has 2 aromatic rings. The molecular formula is C16H23N5O. The van der Waals surface area contributed by atoms with E-state index in [0.717, 1.165) is 17.8 Å². The van der Waals surface area contributed by atoms with Gasteiger partial charge in [-0.05, 0) is 45.0 Å². The Morgan fingerprint density at radius 3 is 2.64 bits per heavy atom. The number of pyridine rings is 1. The van der Waals surface area contributed by atoms with Crippen molar-refractivity contribution in [3.05, 3.63) is 46.0 Å². The van der Waals surface area contributed by atoms with Crippen LogP contribution in [0.25, 0.3) is 0 Å². The minimum atomic E-state index is -0.176. The van der Waals surface area contributed by atoms with E-state index >= 15 is 0 Å². The highest BCUT2D eigenvalue weighted by atomic mass is 16.1. The van der Waals surface area contributed by atoms with Gasteiger partial charge in [0.2, 0.25) is 0 Å². The van der Waals surface area contributed by atoms with Crippen LogP contribution in [0.3, 0.4) is 0 Å². The molecule has 2 rings (SSSR count). The van der Waals surface area contributed by atoms with Crippen LogP contribution in [0.1, 0.15) is 32.0 Å². The van der Waals surface area contributed by atoms with E-state index in [9.17, 15) is 4.79 Å². The van der Waals surface area contributed by atoms with Crippen LogP contribution in [0.2, 0.25) is 0 Å². The quantitative estimate of drug-likeness (QED) is 0.884. The molecule has 0 fully saturated rings. The van der Waals surface area contributed by atoms with E-state index in [1.54, 1.807) is 13.1 Å². The van der Waals surface area contributed by atoms with Crippen LogP contribution in [0.15, 0.2) is 29.2 Å². The van der Waals surface area contributed by atoms with Crippen molar-refractivity contribution in [1.82, 2.24) is 20.1 Å². The van der Waals surface area contributed by atoms with Crippen molar-refractivity contribution < 1.29 is 0 Å². The number of nitrogens with zero attached hydrogens (tertiary/aromatic N) is 3. The van der Waals surface area contributed by atoms with Crippen molar-refractivity contribution in [2.45, 2.75) is 33.2 Å². The Morgan fingerprint density at radius 2 is 2.05 bits per heavy atom. The lowest BCUT2D eigenvalue weighted by Crippen LogP contribution is -2.36. The third-order valence-corrected chi connectivity index (χ3v) is 3.55. The lowest BCUT2D eigenvalue weighted by Gasteiger charge is -2.26. The molecule has 2 aromatic heterocycles. The van der Waals surface area contributed by atoms with Gasteiger partial charge in [0.1, 0.15) is 11.5 Å². The Labute approximate surface area is 130 Å². The summed E-state index contributed by atoms with van der Waals surface area (Å²) in [5, 5.41) is 10.5. The normalized spacial score (nSPS) is 11.5. The van der Waals surface area contributed by atoms with Crippen molar-refractivity contribution in [2.24, 2.45) is 7.05 Å². The summed E-state index contributed by atoms with van der Waals surface area (Å²) in [6.45, 7) is 9.04. The van der Waals surface area contributed by atoms with E-state index in [1.165, 1.54) is 4.68 Å². The van der Waals surface area contributed by atoms with Gasteiger partial charge in [-0.3, -0.25) is 4.79 Å². The number of anilines is 2. The first-order valence-corrected chi connectivity index (χ1v) is 7.37. The largest absolute Gasteiger partial charge is 0.336 e. The molecule has 118 valence electrons. The fourth-order valence-electron chi connectivity index (χ4n) is 2.36. The minimum Gasteiger partial charge on any atom is -0.336 e. The van der Waals surface area contributed by atoms with E-state index in [0.29, 0.717) is 11.5 Å². The molecule has 0 amide bonds. The van der Waals surface area contributed by atoms with Crippen LogP contribution in [-0.2, 0) is 12.6 Å². The van der Waals surface area contributed by atoms with E-state index in [1.807, 2.05) is 25.3 Å². The molecule has 0 aliphatic carbocycles. The second kappa shape index (κ2) is 6.27. The van der Waals surface area contributed by atoms with Crippen molar-refractivity contribution >= 4 is 11.5 Å². The van der Waals surface area contributed by atoms with Gasteiger partial charge in [0, 0.05) is 18.8 Å². The lowest BCUT2D eigenvalue weighted by molar-refractivity contribution is 0.414. The second-order valence-electron chi connectivity index (χ2n) is 5.84. The lowest BCUT2D eigenvalue weighted by atomic mass is 9.96. The standard InChI is InChI=1S/C16H23N5O/c1-6-18-16(3,4)12-7-8-14(17-10-12)19-13-9-11(2)20-21(5)15(13)22/h7-10,18H,6H2,1-5H3,(H,17,19). The number of rotatable bonds is 5. The van der Waals surface area contributed by atoms with Crippen LogP contribution in [-0.4, -0.2) is 21.3 Å². The molecule has 0 bridgehead atoms. The van der Waals surface area contributed by atoms with Gasteiger partial charge in [-0.2, -0.15) is 5.10 Å². The monoisotopic (exact) mass is 301 g/mol. The van der Waals surface area contributed by atoms with Crippen LogP contribution >= 0.6 is 0 Å². The molecule has 0 saturated carbocycles. The molecule has 6 heteroatoms. The maximum Gasteiger partial charge on any atom is 0.290 e.